The molecule has 0 aromatic carbocycles. The van der Waals surface area contributed by atoms with Crippen LogP contribution in [-0.2, 0) is 11.3 Å². The fourth-order valence-corrected chi connectivity index (χ4v) is 3.51. The third-order valence-electron chi connectivity index (χ3n) is 4.48. The molecule has 1 aliphatic rings. The molecular formula is C15H26ClN3O. The summed E-state index contributed by atoms with van der Waals surface area (Å²) in [4.78, 5) is 0. The Morgan fingerprint density at radius 1 is 1.45 bits per heavy atom. The van der Waals surface area contributed by atoms with Gasteiger partial charge in [0.1, 0.15) is 0 Å². The minimum atomic E-state index is 0.286. The SMILES string of the molecule is CNC(c1c(Cl)cnn1CCOC)C1CCC(C)CC1. The number of aromatic nitrogens is 2. The Kier molecular flexibility index (Phi) is 5.87. The van der Waals surface area contributed by atoms with E-state index in [1.54, 1.807) is 13.3 Å². The second kappa shape index (κ2) is 7.43. The summed E-state index contributed by atoms with van der Waals surface area (Å²) in [6, 6.07) is 0.286. The molecule has 1 unspecified atom stereocenters. The summed E-state index contributed by atoms with van der Waals surface area (Å²) in [5.41, 5.74) is 1.12. The Morgan fingerprint density at radius 2 is 2.15 bits per heavy atom. The lowest BCUT2D eigenvalue weighted by atomic mass is 9.78. The summed E-state index contributed by atoms with van der Waals surface area (Å²) in [5.74, 6) is 1.50. The van der Waals surface area contributed by atoms with Crippen molar-refractivity contribution >= 4 is 11.6 Å². The van der Waals surface area contributed by atoms with Crippen LogP contribution in [0, 0.1) is 11.8 Å². The monoisotopic (exact) mass is 299 g/mol. The van der Waals surface area contributed by atoms with Crippen molar-refractivity contribution in [3.8, 4) is 0 Å². The third-order valence-corrected chi connectivity index (χ3v) is 4.77. The van der Waals surface area contributed by atoms with Crippen LogP contribution >= 0.6 is 11.6 Å². The van der Waals surface area contributed by atoms with Crippen molar-refractivity contribution in [3.05, 3.63) is 16.9 Å². The van der Waals surface area contributed by atoms with Crippen LogP contribution in [0.4, 0.5) is 0 Å². The first kappa shape index (κ1) is 15.8. The smallest absolute Gasteiger partial charge is 0.0834 e. The van der Waals surface area contributed by atoms with Crippen LogP contribution in [0.3, 0.4) is 0 Å². The topological polar surface area (TPSA) is 39.1 Å². The zero-order chi connectivity index (χ0) is 14.5. The molecule has 1 aromatic heterocycles. The normalized spacial score (nSPS) is 24.8. The number of halogens is 1. The predicted octanol–water partition coefficient (Wildman–Crippen LogP) is 3.27. The predicted molar refractivity (Wildman–Crippen MR) is 82.0 cm³/mol. The van der Waals surface area contributed by atoms with Gasteiger partial charge in [-0.05, 0) is 31.7 Å². The highest BCUT2D eigenvalue weighted by Gasteiger charge is 2.30. The largest absolute Gasteiger partial charge is 0.383 e. The van der Waals surface area contributed by atoms with Gasteiger partial charge in [0.2, 0.25) is 0 Å². The first-order valence-corrected chi connectivity index (χ1v) is 7.92. The van der Waals surface area contributed by atoms with E-state index in [2.05, 4.69) is 17.3 Å². The molecule has 1 N–H and O–H groups in total. The molecule has 5 heteroatoms. The minimum absolute atomic E-state index is 0.286. The summed E-state index contributed by atoms with van der Waals surface area (Å²) in [5, 5.41) is 8.62. The van der Waals surface area contributed by atoms with Crippen molar-refractivity contribution in [2.75, 3.05) is 20.8 Å². The molecule has 0 spiro atoms. The molecule has 4 nitrogen and oxygen atoms in total. The highest BCUT2D eigenvalue weighted by Crippen LogP contribution is 2.38. The third kappa shape index (κ3) is 3.54. The van der Waals surface area contributed by atoms with E-state index in [1.807, 2.05) is 11.7 Å². The average Bonchev–Trinajstić information content (AvgIpc) is 2.81. The maximum atomic E-state index is 6.38. The number of hydrogen-bond donors (Lipinski definition) is 1. The summed E-state index contributed by atoms with van der Waals surface area (Å²) in [6.07, 6.45) is 6.90. The molecule has 1 saturated carbocycles. The van der Waals surface area contributed by atoms with Gasteiger partial charge in [-0.15, -0.1) is 0 Å². The van der Waals surface area contributed by atoms with Gasteiger partial charge in [-0.1, -0.05) is 31.4 Å². The van der Waals surface area contributed by atoms with Gasteiger partial charge in [-0.2, -0.15) is 5.10 Å². The molecule has 1 heterocycles. The molecule has 0 radical (unpaired) electrons. The van der Waals surface area contributed by atoms with Gasteiger partial charge in [0.15, 0.2) is 0 Å². The second-order valence-corrected chi connectivity index (χ2v) is 6.29. The van der Waals surface area contributed by atoms with Crippen LogP contribution in [0.15, 0.2) is 6.20 Å². The van der Waals surface area contributed by atoms with Gasteiger partial charge in [-0.3, -0.25) is 4.68 Å². The Morgan fingerprint density at radius 3 is 2.75 bits per heavy atom. The number of hydrogen-bond acceptors (Lipinski definition) is 3. The fraction of sp³-hybridized carbons (Fsp3) is 0.800. The molecular weight excluding hydrogens is 274 g/mol. The molecule has 1 aliphatic carbocycles. The molecule has 1 aromatic rings. The summed E-state index contributed by atoms with van der Waals surface area (Å²) < 4.78 is 7.15. The molecule has 1 fully saturated rings. The lowest BCUT2D eigenvalue weighted by Crippen LogP contribution is -2.31. The fourth-order valence-electron chi connectivity index (χ4n) is 3.25. The Labute approximate surface area is 126 Å². The van der Waals surface area contributed by atoms with E-state index >= 15 is 0 Å². The van der Waals surface area contributed by atoms with E-state index < -0.39 is 0 Å². The summed E-state index contributed by atoms with van der Waals surface area (Å²) >= 11 is 6.38. The van der Waals surface area contributed by atoms with Crippen LogP contribution < -0.4 is 5.32 Å². The number of nitrogens with zero attached hydrogens (tertiary/aromatic N) is 2. The van der Waals surface area contributed by atoms with E-state index in [9.17, 15) is 0 Å². The van der Waals surface area contributed by atoms with Crippen molar-refractivity contribution in [1.82, 2.24) is 15.1 Å². The molecule has 1 atom stereocenters. The summed E-state index contributed by atoms with van der Waals surface area (Å²) in [7, 11) is 3.73. The Bertz CT molecular complexity index is 413. The first-order valence-electron chi connectivity index (χ1n) is 7.54. The quantitative estimate of drug-likeness (QED) is 0.876. The maximum absolute atomic E-state index is 6.38. The van der Waals surface area contributed by atoms with Crippen molar-refractivity contribution in [2.45, 2.75) is 45.2 Å². The van der Waals surface area contributed by atoms with Crippen molar-refractivity contribution in [1.29, 1.82) is 0 Å². The van der Waals surface area contributed by atoms with E-state index in [4.69, 9.17) is 16.3 Å². The molecule has 0 bridgehead atoms. The van der Waals surface area contributed by atoms with Crippen LogP contribution in [-0.4, -0.2) is 30.5 Å². The molecule has 0 aliphatic heterocycles. The van der Waals surface area contributed by atoms with Crippen molar-refractivity contribution in [2.24, 2.45) is 11.8 Å². The van der Waals surface area contributed by atoms with Gasteiger partial charge in [0.05, 0.1) is 36.1 Å². The Hall–Kier alpha value is -0.580. The van der Waals surface area contributed by atoms with E-state index in [0.717, 1.165) is 23.2 Å². The van der Waals surface area contributed by atoms with E-state index in [1.165, 1.54) is 25.7 Å². The lowest BCUT2D eigenvalue weighted by molar-refractivity contribution is 0.178. The van der Waals surface area contributed by atoms with Gasteiger partial charge in [-0.25, -0.2) is 0 Å². The number of rotatable bonds is 6. The molecule has 114 valence electrons. The van der Waals surface area contributed by atoms with E-state index in [0.29, 0.717) is 12.5 Å². The number of ether oxygens (including phenoxy) is 1. The zero-order valence-corrected chi connectivity index (χ0v) is 13.5. The second-order valence-electron chi connectivity index (χ2n) is 5.88. The standard InChI is InChI=1S/C15H26ClN3O/c1-11-4-6-12(7-5-11)14(17-2)15-13(16)10-18-19(15)8-9-20-3/h10-12,14,17H,4-9H2,1-3H3. The van der Waals surface area contributed by atoms with Gasteiger partial charge in [0, 0.05) is 7.11 Å². The van der Waals surface area contributed by atoms with Crippen LogP contribution in [0.2, 0.25) is 5.02 Å². The highest BCUT2D eigenvalue weighted by molar-refractivity contribution is 6.31. The molecule has 0 amide bonds. The highest BCUT2D eigenvalue weighted by atomic mass is 35.5. The van der Waals surface area contributed by atoms with Crippen molar-refractivity contribution < 1.29 is 4.74 Å². The van der Waals surface area contributed by atoms with Crippen LogP contribution in [0.1, 0.15) is 44.3 Å². The minimum Gasteiger partial charge on any atom is -0.383 e. The number of nitrogens with one attached hydrogen (secondary N) is 1. The van der Waals surface area contributed by atoms with E-state index in [-0.39, 0.29) is 6.04 Å². The molecule has 20 heavy (non-hydrogen) atoms. The molecule has 2 rings (SSSR count). The number of methoxy groups -OCH3 is 1. The maximum Gasteiger partial charge on any atom is 0.0834 e. The first-order chi connectivity index (χ1) is 9.67. The molecule has 0 saturated heterocycles. The lowest BCUT2D eigenvalue weighted by Gasteiger charge is -2.33. The van der Waals surface area contributed by atoms with Gasteiger partial charge in [0.25, 0.3) is 0 Å². The average molecular weight is 300 g/mol. The van der Waals surface area contributed by atoms with Gasteiger partial charge >= 0.3 is 0 Å². The van der Waals surface area contributed by atoms with Crippen LogP contribution in [0.5, 0.6) is 0 Å². The van der Waals surface area contributed by atoms with Crippen molar-refractivity contribution in [3.63, 3.8) is 0 Å². The zero-order valence-electron chi connectivity index (χ0n) is 12.7. The Balaban J connectivity index is 2.16. The van der Waals surface area contributed by atoms with Gasteiger partial charge < -0.3 is 10.1 Å². The van der Waals surface area contributed by atoms with Crippen LogP contribution in [0.25, 0.3) is 0 Å². The summed E-state index contributed by atoms with van der Waals surface area (Å²) in [6.45, 7) is 3.75.